The van der Waals surface area contributed by atoms with Crippen LogP contribution in [0.1, 0.15) is 75.2 Å². The zero-order valence-corrected chi connectivity index (χ0v) is 14.1. The topological polar surface area (TPSA) is 17.1 Å². The molecule has 1 nitrogen and oxygen atoms in total. The van der Waals surface area contributed by atoms with Crippen LogP contribution in [-0.4, -0.2) is 5.78 Å². The number of allylic oxidation sites excluding steroid dienone is 2. The second-order valence-electron chi connectivity index (χ2n) is 5.84. The molecule has 0 aromatic heterocycles. The molecule has 0 N–H and O–H groups in total. The fourth-order valence-corrected chi connectivity index (χ4v) is 2.01. The monoisotopic (exact) mass is 254 g/mol. The Hall–Kier alpha value is -0.590. The van der Waals surface area contributed by atoms with Gasteiger partial charge in [0, 0.05) is 5.92 Å². The van der Waals surface area contributed by atoms with Gasteiger partial charge < -0.3 is 0 Å². The van der Waals surface area contributed by atoms with Crippen LogP contribution in [0.5, 0.6) is 0 Å². The minimum Gasteiger partial charge on any atom is -0.295 e. The molecule has 0 spiro atoms. The first-order valence-corrected chi connectivity index (χ1v) is 7.49. The Balaban J connectivity index is 0. The van der Waals surface area contributed by atoms with Crippen molar-refractivity contribution >= 4 is 5.78 Å². The van der Waals surface area contributed by atoms with Gasteiger partial charge in [-0.25, -0.2) is 0 Å². The SMILES string of the molecule is CC.CC1=CC(=O)C(CC(C)C)C1(C)C.CCC. The van der Waals surface area contributed by atoms with Gasteiger partial charge in [-0.3, -0.25) is 4.79 Å². The van der Waals surface area contributed by atoms with Crippen LogP contribution in [0.15, 0.2) is 11.6 Å². The molecule has 0 heterocycles. The summed E-state index contributed by atoms with van der Waals surface area (Å²) in [7, 11) is 0. The van der Waals surface area contributed by atoms with E-state index in [4.69, 9.17) is 0 Å². The van der Waals surface area contributed by atoms with E-state index in [1.54, 1.807) is 0 Å². The number of rotatable bonds is 2. The average molecular weight is 254 g/mol. The van der Waals surface area contributed by atoms with Gasteiger partial charge in [-0.05, 0) is 30.8 Å². The molecular weight excluding hydrogens is 220 g/mol. The van der Waals surface area contributed by atoms with Gasteiger partial charge in [0.15, 0.2) is 5.78 Å². The van der Waals surface area contributed by atoms with E-state index in [9.17, 15) is 4.79 Å². The third kappa shape index (κ3) is 5.84. The van der Waals surface area contributed by atoms with Crippen LogP contribution in [0.25, 0.3) is 0 Å². The van der Waals surface area contributed by atoms with Crippen molar-refractivity contribution in [1.82, 2.24) is 0 Å². The largest absolute Gasteiger partial charge is 0.295 e. The summed E-state index contributed by atoms with van der Waals surface area (Å²) in [5.41, 5.74) is 1.32. The van der Waals surface area contributed by atoms with Crippen molar-refractivity contribution in [2.45, 2.75) is 75.2 Å². The van der Waals surface area contributed by atoms with Crippen LogP contribution in [0.3, 0.4) is 0 Å². The second kappa shape index (κ2) is 9.35. The highest BCUT2D eigenvalue weighted by Gasteiger charge is 2.40. The quantitative estimate of drug-likeness (QED) is 0.622. The lowest BCUT2D eigenvalue weighted by Gasteiger charge is -2.29. The van der Waals surface area contributed by atoms with Gasteiger partial charge in [-0.15, -0.1) is 0 Å². The summed E-state index contributed by atoms with van der Waals surface area (Å²) in [6, 6.07) is 0. The highest BCUT2D eigenvalue weighted by molar-refractivity contribution is 5.96. The van der Waals surface area contributed by atoms with E-state index in [1.807, 2.05) is 19.9 Å². The Bertz CT molecular complexity index is 259. The maximum Gasteiger partial charge on any atom is 0.159 e. The van der Waals surface area contributed by atoms with Crippen molar-refractivity contribution in [3.05, 3.63) is 11.6 Å². The Morgan fingerprint density at radius 1 is 1.22 bits per heavy atom. The molecule has 0 aliphatic heterocycles. The molecule has 0 fully saturated rings. The number of carbonyl (C=O) groups excluding carboxylic acids is 1. The molecule has 0 radical (unpaired) electrons. The first-order valence-electron chi connectivity index (χ1n) is 7.49. The van der Waals surface area contributed by atoms with Crippen molar-refractivity contribution in [3.8, 4) is 0 Å². The fourth-order valence-electron chi connectivity index (χ4n) is 2.01. The van der Waals surface area contributed by atoms with Crippen LogP contribution in [-0.2, 0) is 4.79 Å². The molecule has 0 saturated carbocycles. The van der Waals surface area contributed by atoms with Crippen molar-refractivity contribution in [3.63, 3.8) is 0 Å². The van der Waals surface area contributed by atoms with Crippen LogP contribution in [0.2, 0.25) is 0 Å². The standard InChI is InChI=1S/C12H20O.C3H8.C2H6/c1-8(2)6-10-11(13)7-9(3)12(10,4)5;1-3-2;1-2/h7-8,10H,6H2,1-5H3;3H2,1-2H3;1-2H3. The minimum absolute atomic E-state index is 0.0847. The maximum atomic E-state index is 11.7. The summed E-state index contributed by atoms with van der Waals surface area (Å²) >= 11 is 0. The highest BCUT2D eigenvalue weighted by Crippen LogP contribution is 2.43. The maximum absolute atomic E-state index is 11.7. The molecule has 108 valence electrons. The number of hydrogen-bond acceptors (Lipinski definition) is 1. The summed E-state index contributed by atoms with van der Waals surface area (Å²) < 4.78 is 0. The molecule has 18 heavy (non-hydrogen) atoms. The molecule has 0 bridgehead atoms. The van der Waals surface area contributed by atoms with E-state index in [-0.39, 0.29) is 11.3 Å². The molecule has 1 rings (SSSR count). The Kier molecular flexibility index (Phi) is 10.3. The molecule has 1 aliphatic carbocycles. The Labute approximate surface area is 115 Å². The van der Waals surface area contributed by atoms with Gasteiger partial charge in [-0.1, -0.05) is 67.4 Å². The van der Waals surface area contributed by atoms with E-state index in [0.29, 0.717) is 11.7 Å². The lowest BCUT2D eigenvalue weighted by atomic mass is 9.74. The van der Waals surface area contributed by atoms with E-state index in [1.165, 1.54) is 12.0 Å². The van der Waals surface area contributed by atoms with Crippen molar-refractivity contribution in [2.24, 2.45) is 17.3 Å². The molecule has 1 heteroatoms. The van der Waals surface area contributed by atoms with Crippen LogP contribution < -0.4 is 0 Å². The molecule has 0 saturated heterocycles. The average Bonchev–Trinajstić information content (AvgIpc) is 2.45. The molecule has 0 aromatic rings. The van der Waals surface area contributed by atoms with Gasteiger partial charge in [-0.2, -0.15) is 0 Å². The molecule has 0 aromatic carbocycles. The van der Waals surface area contributed by atoms with E-state index >= 15 is 0 Å². The zero-order chi connectivity index (χ0) is 14.9. The van der Waals surface area contributed by atoms with Crippen molar-refractivity contribution in [2.75, 3.05) is 0 Å². The predicted octanol–water partition coefficient (Wildman–Crippen LogP) is 5.65. The molecule has 1 aliphatic rings. The van der Waals surface area contributed by atoms with Crippen molar-refractivity contribution in [1.29, 1.82) is 0 Å². The number of carbonyl (C=O) groups is 1. The van der Waals surface area contributed by atoms with Crippen molar-refractivity contribution < 1.29 is 4.79 Å². The first-order chi connectivity index (χ1) is 8.27. The van der Waals surface area contributed by atoms with Gasteiger partial charge in [0.1, 0.15) is 0 Å². The second-order valence-corrected chi connectivity index (χ2v) is 5.84. The summed E-state index contributed by atoms with van der Waals surface area (Å²) in [6.45, 7) is 19.0. The molecular formula is C17H34O. The summed E-state index contributed by atoms with van der Waals surface area (Å²) in [5.74, 6) is 1.15. The van der Waals surface area contributed by atoms with E-state index in [0.717, 1.165) is 6.42 Å². The number of hydrogen-bond donors (Lipinski definition) is 0. The summed E-state index contributed by atoms with van der Waals surface area (Å²) in [6.07, 6.45) is 4.09. The van der Waals surface area contributed by atoms with Gasteiger partial charge in [0.2, 0.25) is 0 Å². The predicted molar refractivity (Wildman–Crippen MR) is 82.8 cm³/mol. The molecule has 1 unspecified atom stereocenters. The Morgan fingerprint density at radius 2 is 1.61 bits per heavy atom. The minimum atomic E-state index is 0.0847. The zero-order valence-electron chi connectivity index (χ0n) is 14.1. The van der Waals surface area contributed by atoms with Gasteiger partial charge in [0.05, 0.1) is 0 Å². The van der Waals surface area contributed by atoms with Crippen LogP contribution in [0, 0.1) is 17.3 Å². The van der Waals surface area contributed by atoms with Gasteiger partial charge >= 0.3 is 0 Å². The smallest absolute Gasteiger partial charge is 0.159 e. The van der Waals surface area contributed by atoms with Crippen LogP contribution in [0.4, 0.5) is 0 Å². The third-order valence-corrected chi connectivity index (χ3v) is 3.30. The lowest BCUT2D eigenvalue weighted by molar-refractivity contribution is -0.119. The molecule has 1 atom stereocenters. The van der Waals surface area contributed by atoms with Crippen LogP contribution >= 0.6 is 0 Å². The summed E-state index contributed by atoms with van der Waals surface area (Å²) in [5, 5.41) is 0. The first kappa shape index (κ1) is 19.7. The lowest BCUT2D eigenvalue weighted by Crippen LogP contribution is -2.26. The fraction of sp³-hybridized carbons (Fsp3) is 0.824. The normalized spacial score (nSPS) is 20.7. The van der Waals surface area contributed by atoms with E-state index in [2.05, 4.69) is 48.5 Å². The van der Waals surface area contributed by atoms with Gasteiger partial charge in [0.25, 0.3) is 0 Å². The molecule has 0 amide bonds. The Morgan fingerprint density at radius 3 is 1.83 bits per heavy atom. The third-order valence-electron chi connectivity index (χ3n) is 3.30. The summed E-state index contributed by atoms with van der Waals surface area (Å²) in [4.78, 5) is 11.7. The number of ketones is 1. The van der Waals surface area contributed by atoms with E-state index < -0.39 is 0 Å². The highest BCUT2D eigenvalue weighted by atomic mass is 16.1.